The van der Waals surface area contributed by atoms with Crippen molar-refractivity contribution in [1.82, 2.24) is 52.8 Å². The third-order valence-corrected chi connectivity index (χ3v) is 11.6. The van der Waals surface area contributed by atoms with Gasteiger partial charge >= 0.3 is 5.97 Å². The fourth-order valence-electron chi connectivity index (χ4n) is 7.51. The maximum absolute atomic E-state index is 13.5. The van der Waals surface area contributed by atoms with Gasteiger partial charge < -0.3 is 74.4 Å². The molecule has 0 bridgehead atoms. The summed E-state index contributed by atoms with van der Waals surface area (Å²) in [7, 11) is 0. The zero-order valence-corrected chi connectivity index (χ0v) is 39.8. The van der Waals surface area contributed by atoms with E-state index >= 15 is 0 Å². The number of carboxylic acids is 1. The summed E-state index contributed by atoms with van der Waals surface area (Å²) in [6.07, 6.45) is 2.17. The predicted molar refractivity (Wildman–Crippen MR) is 244 cm³/mol. The maximum atomic E-state index is 13.5. The number of aliphatic carboxylic acids is 1. The van der Waals surface area contributed by atoms with E-state index in [0.29, 0.717) is 45.1 Å². The van der Waals surface area contributed by atoms with Crippen molar-refractivity contribution in [2.75, 3.05) is 39.3 Å². The Morgan fingerprint density at radius 3 is 1.94 bits per heavy atom. The molecule has 2 aliphatic rings. The molecule has 0 aromatic heterocycles. The minimum Gasteiger partial charge on any atom is -0.480 e. The standard InChI is InChI=1S/C43H74N12O13/c1-6-24(4)36(54-39(63)27(13-14-32(45)57)51-33(58)20-47-38(62)29-18-26(56)19-46-29)42(66)48-21-34(59)52-30(17-23(2)3)40(64)50-25(5)37(61)49-22-35(60)55-16-10-8-12-31(55)41(65)53-28(43(67)68)11-7-9-15-44/h23-31,36,46,56H,6-22,44H2,1-5H3,(H2,45,57)(H,47,62)(H,48,66)(H,49,61)(H,50,64)(H,51,58)(H,52,59)(H,53,65)(H,54,63)(H,67,68)/t24?,25-,26+,27-,28-,29-,30-,31-,36-/m0/s1. The van der Waals surface area contributed by atoms with Crippen LogP contribution in [0.15, 0.2) is 0 Å². The highest BCUT2D eigenvalue weighted by Gasteiger charge is 2.36. The molecule has 0 aromatic carbocycles. The number of nitrogens with two attached hydrogens (primary N) is 2. The molecule has 15 N–H and O–H groups in total. The van der Waals surface area contributed by atoms with Crippen molar-refractivity contribution < 1.29 is 63.0 Å². The van der Waals surface area contributed by atoms with Crippen LogP contribution in [0.1, 0.15) is 105 Å². The SMILES string of the molecule is CCC(C)[C@H](NC(=O)[C@H](CCC(N)=O)NC(=O)CNC(=O)[C@@H]1C[C@@H](O)CN1)C(=O)NCC(=O)N[C@@H](CC(C)C)C(=O)N[C@@H](C)C(=O)NCC(=O)N1CCCC[C@H]1C(=O)N[C@@H](CCCCN)C(=O)O. The molecular formula is C43H74N12O13. The van der Waals surface area contributed by atoms with Crippen LogP contribution in [-0.4, -0.2) is 168 Å². The molecule has 0 radical (unpaired) electrons. The Morgan fingerprint density at radius 1 is 0.721 bits per heavy atom. The molecule has 2 aliphatic heterocycles. The molecule has 25 nitrogen and oxygen atoms in total. The van der Waals surface area contributed by atoms with Crippen molar-refractivity contribution in [2.45, 2.75) is 154 Å². The predicted octanol–water partition coefficient (Wildman–Crippen LogP) is -4.55. The summed E-state index contributed by atoms with van der Waals surface area (Å²) in [6, 6.07) is -7.74. The molecule has 9 atom stereocenters. The molecule has 2 saturated heterocycles. The van der Waals surface area contributed by atoms with Gasteiger partial charge in [-0.3, -0.25) is 47.9 Å². The minimum atomic E-state index is -1.35. The third kappa shape index (κ3) is 20.5. The number of piperidine rings is 1. The molecule has 384 valence electrons. The first-order chi connectivity index (χ1) is 32.1. The number of hydrogen-bond donors (Lipinski definition) is 13. The van der Waals surface area contributed by atoms with E-state index in [1.165, 1.54) is 11.8 Å². The Kier molecular flexibility index (Phi) is 25.4. The van der Waals surface area contributed by atoms with E-state index < -0.39 is 139 Å². The van der Waals surface area contributed by atoms with Gasteiger partial charge in [0, 0.05) is 19.5 Å². The van der Waals surface area contributed by atoms with Gasteiger partial charge in [-0.1, -0.05) is 34.1 Å². The molecule has 2 rings (SSSR count). The van der Waals surface area contributed by atoms with Crippen LogP contribution in [0.25, 0.3) is 0 Å². The van der Waals surface area contributed by atoms with E-state index in [1.807, 2.05) is 0 Å². The second kappa shape index (κ2) is 29.7. The number of carbonyl (C=O) groups excluding carboxylic acids is 10. The minimum absolute atomic E-state index is 0.126. The van der Waals surface area contributed by atoms with Crippen LogP contribution in [0.2, 0.25) is 0 Å². The zero-order valence-electron chi connectivity index (χ0n) is 39.8. The number of primary amides is 1. The lowest BCUT2D eigenvalue weighted by Gasteiger charge is -2.35. The number of rotatable bonds is 29. The number of hydrogen-bond acceptors (Lipinski definition) is 14. The Bertz CT molecular complexity index is 1780. The highest BCUT2D eigenvalue weighted by atomic mass is 16.4. The number of carboxylic acid groups (broad SMARTS) is 1. The monoisotopic (exact) mass is 967 g/mol. The van der Waals surface area contributed by atoms with Gasteiger partial charge in [-0.2, -0.15) is 0 Å². The van der Waals surface area contributed by atoms with Gasteiger partial charge in [0.15, 0.2) is 0 Å². The van der Waals surface area contributed by atoms with Crippen molar-refractivity contribution in [3.05, 3.63) is 0 Å². The van der Waals surface area contributed by atoms with Crippen LogP contribution >= 0.6 is 0 Å². The van der Waals surface area contributed by atoms with Gasteiger partial charge in [0.1, 0.15) is 36.3 Å². The molecule has 68 heavy (non-hydrogen) atoms. The lowest BCUT2D eigenvalue weighted by Crippen LogP contribution is -2.58. The molecule has 0 aromatic rings. The average Bonchev–Trinajstić information content (AvgIpc) is 3.74. The highest BCUT2D eigenvalue weighted by molar-refractivity contribution is 5.97. The summed E-state index contributed by atoms with van der Waals surface area (Å²) in [5.41, 5.74) is 10.8. The van der Waals surface area contributed by atoms with E-state index in [-0.39, 0.29) is 51.1 Å². The molecule has 2 heterocycles. The smallest absolute Gasteiger partial charge is 0.326 e. The summed E-state index contributed by atoms with van der Waals surface area (Å²) in [6.45, 7) is 7.50. The van der Waals surface area contributed by atoms with Gasteiger partial charge in [0.25, 0.3) is 0 Å². The number of β-amino-alcohol motifs (C(OH)–C–C–N with tert-alkyl or cyclic N) is 1. The zero-order chi connectivity index (χ0) is 51.1. The van der Waals surface area contributed by atoms with Crippen LogP contribution in [0, 0.1) is 11.8 Å². The first-order valence-corrected chi connectivity index (χ1v) is 23.3. The Hall–Kier alpha value is -5.95. The normalized spacial score (nSPS) is 19.4. The van der Waals surface area contributed by atoms with Crippen molar-refractivity contribution in [1.29, 1.82) is 0 Å². The first-order valence-electron chi connectivity index (χ1n) is 23.3. The molecule has 2 fully saturated rings. The van der Waals surface area contributed by atoms with E-state index in [2.05, 4.69) is 47.9 Å². The quantitative estimate of drug-likeness (QED) is 0.0314. The number of unbranched alkanes of at least 4 members (excludes halogenated alkanes) is 1. The number of aliphatic hydroxyl groups excluding tert-OH is 1. The molecule has 1 unspecified atom stereocenters. The van der Waals surface area contributed by atoms with Crippen LogP contribution in [-0.2, 0) is 52.7 Å². The molecule has 0 aliphatic carbocycles. The van der Waals surface area contributed by atoms with Crippen LogP contribution < -0.4 is 59.3 Å². The fraction of sp³-hybridized carbons (Fsp3) is 0.744. The molecule has 25 heteroatoms. The number of aliphatic hydroxyl groups is 1. The molecular weight excluding hydrogens is 893 g/mol. The van der Waals surface area contributed by atoms with Crippen molar-refractivity contribution in [3.8, 4) is 0 Å². The van der Waals surface area contributed by atoms with Crippen LogP contribution in [0.4, 0.5) is 0 Å². The Morgan fingerprint density at radius 2 is 1.35 bits per heavy atom. The van der Waals surface area contributed by atoms with Crippen molar-refractivity contribution in [3.63, 3.8) is 0 Å². The van der Waals surface area contributed by atoms with E-state index in [4.69, 9.17) is 11.5 Å². The second-order valence-electron chi connectivity index (χ2n) is 17.8. The van der Waals surface area contributed by atoms with E-state index in [1.54, 1.807) is 27.7 Å². The number of carbonyl (C=O) groups is 11. The molecule has 0 saturated carbocycles. The van der Waals surface area contributed by atoms with Crippen LogP contribution in [0.3, 0.4) is 0 Å². The summed E-state index contributed by atoms with van der Waals surface area (Å²) in [5, 5.41) is 42.0. The number of nitrogens with zero attached hydrogens (tertiary/aromatic N) is 1. The second-order valence-corrected chi connectivity index (χ2v) is 17.8. The lowest BCUT2D eigenvalue weighted by molar-refractivity contribution is -0.146. The van der Waals surface area contributed by atoms with E-state index in [0.717, 1.165) is 0 Å². The fourth-order valence-corrected chi connectivity index (χ4v) is 7.51. The van der Waals surface area contributed by atoms with Gasteiger partial charge in [-0.15, -0.1) is 0 Å². The Labute approximate surface area is 396 Å². The summed E-state index contributed by atoms with van der Waals surface area (Å²) < 4.78 is 0. The van der Waals surface area contributed by atoms with Gasteiger partial charge in [0.05, 0.1) is 31.8 Å². The van der Waals surface area contributed by atoms with Crippen LogP contribution in [0.5, 0.6) is 0 Å². The van der Waals surface area contributed by atoms with Crippen molar-refractivity contribution >= 4 is 65.0 Å². The van der Waals surface area contributed by atoms with Gasteiger partial charge in [-0.25, -0.2) is 4.79 Å². The summed E-state index contributed by atoms with van der Waals surface area (Å²) in [5.74, 6) is -8.97. The maximum Gasteiger partial charge on any atom is 0.326 e. The molecule has 0 spiro atoms. The number of amides is 10. The number of nitrogens with one attached hydrogen (secondary N) is 9. The van der Waals surface area contributed by atoms with Crippen molar-refractivity contribution in [2.24, 2.45) is 23.3 Å². The topological polar surface area (TPSA) is 392 Å². The number of likely N-dealkylation sites (tertiary alicyclic amines) is 1. The highest BCUT2D eigenvalue weighted by Crippen LogP contribution is 2.18. The molecule has 10 amide bonds. The third-order valence-electron chi connectivity index (χ3n) is 11.6. The summed E-state index contributed by atoms with van der Waals surface area (Å²) in [4.78, 5) is 143. The lowest BCUT2D eigenvalue weighted by atomic mass is 9.97. The average molecular weight is 967 g/mol. The van der Waals surface area contributed by atoms with Gasteiger partial charge in [-0.05, 0) is 83.1 Å². The van der Waals surface area contributed by atoms with E-state index in [9.17, 15) is 63.0 Å². The first kappa shape index (κ1) is 58.2. The van der Waals surface area contributed by atoms with Gasteiger partial charge in [0.2, 0.25) is 59.1 Å². The summed E-state index contributed by atoms with van der Waals surface area (Å²) >= 11 is 0. The largest absolute Gasteiger partial charge is 0.480 e. The Balaban J connectivity index is 2.00.